The van der Waals surface area contributed by atoms with Crippen molar-refractivity contribution in [2.45, 2.75) is 280 Å². The quantitative estimate of drug-likeness (QED) is 0.0298. The predicted octanol–water partition coefficient (Wildman–Crippen LogP) is -4.40. The van der Waals surface area contributed by atoms with Crippen LogP contribution in [-0.4, -0.2) is 318 Å². The number of carbonyl (C=O) groups is 20. The average Bonchev–Trinajstić information content (AvgIpc) is 1.64. The first-order chi connectivity index (χ1) is 58.1. The summed E-state index contributed by atoms with van der Waals surface area (Å²) in [7, 11) is 0. The fraction of sp³-hybridized carbons (Fsp3) is 0.667. The molecule has 45 nitrogen and oxygen atoms in total. The van der Waals surface area contributed by atoms with E-state index in [1.54, 1.807) is 0 Å². The number of nitrogens with two attached hydrogens (primary N) is 1. The largest absolute Gasteiger partial charge is 0.481 e. The zero-order valence-corrected chi connectivity index (χ0v) is 70.1. The second kappa shape index (κ2) is 45.6. The summed E-state index contributed by atoms with van der Waals surface area (Å²) in [4.78, 5) is 294. The van der Waals surface area contributed by atoms with Gasteiger partial charge < -0.3 is 119 Å². The van der Waals surface area contributed by atoms with Crippen LogP contribution in [0.15, 0.2) is 25.0 Å². The van der Waals surface area contributed by atoms with E-state index in [0.29, 0.717) is 50.8 Å². The van der Waals surface area contributed by atoms with E-state index in [4.69, 9.17) is 5.73 Å². The summed E-state index contributed by atoms with van der Waals surface area (Å²) < 4.78 is 0. The fourth-order valence-corrected chi connectivity index (χ4v) is 15.6. The summed E-state index contributed by atoms with van der Waals surface area (Å²) in [5.41, 5.74) is 6.43. The molecular weight excluding hydrogens is 1620 g/mol. The molecule has 2 aromatic heterocycles. The van der Waals surface area contributed by atoms with Crippen molar-refractivity contribution >= 4 is 118 Å². The molecule has 19 N–H and O–H groups in total. The lowest BCUT2D eigenvalue weighted by Crippen LogP contribution is -2.62. The number of H-pyrrole nitrogens is 2. The molecule has 0 bridgehead atoms. The van der Waals surface area contributed by atoms with Crippen LogP contribution in [0.2, 0.25) is 0 Å². The van der Waals surface area contributed by atoms with Gasteiger partial charge in [0.05, 0.1) is 18.7 Å². The standard InChI is InChI=1S/C78H116N20O25/c1-38(2)60(71(115)89-49(32-43-34-80-36-82-43)68(112)87-45(19-23-56(99)100)64(108)86-47(21-25-58(103)104)65(109)92-61(39(3)4)72(116)90-50(78(122)123)33-44-35-81-37-83-44)91-66(110)48(22-26-59(105)106)88-70(114)52-15-10-28-95(52)77(121)62(40(5)6)93-67(111)46(20-24-57(101)102)85-63(107)42(8)84-69(113)51-14-9-27-94(51)74(118)54-17-12-30-97(54)76(120)55-18-13-31-98(55)75(119)53-16-11-29-96(53)73(117)41(7)79/h34-42,45-55,60-62H,9-33,79H2,1-8H3,(H,80,82)(H,81,83)(H,84,113)(H,85,107)(H,86,108)(H,87,112)(H,88,114)(H,89,115)(H,90,116)(H,91,110)(H,92,109)(H,93,111)(H,99,100)(H,101,102)(H,103,104)(H,105,106)(H,122,123)/t41-,42-,45-,46-,47-,48-,49-,50-,51-,52-,53-,54-,55-,60-,61-,62-/m0/s1. The molecule has 0 aromatic carbocycles. The predicted molar refractivity (Wildman–Crippen MR) is 427 cm³/mol. The van der Waals surface area contributed by atoms with Crippen LogP contribution in [0, 0.1) is 17.8 Å². The maximum Gasteiger partial charge on any atom is 0.326 e. The van der Waals surface area contributed by atoms with E-state index >= 15 is 0 Å². The number of carbonyl (C=O) groups excluding carboxylic acids is 15. The number of carboxylic acid groups (broad SMARTS) is 5. The molecule has 0 radical (unpaired) electrons. The van der Waals surface area contributed by atoms with Gasteiger partial charge in [0, 0.05) is 95.0 Å². The van der Waals surface area contributed by atoms with Gasteiger partial charge in [0.25, 0.3) is 0 Å². The number of carboxylic acids is 5. The Balaban J connectivity index is 0.992. The van der Waals surface area contributed by atoms with Gasteiger partial charge in [-0.1, -0.05) is 41.5 Å². The van der Waals surface area contributed by atoms with Crippen LogP contribution in [0.1, 0.15) is 182 Å². The van der Waals surface area contributed by atoms with Crippen molar-refractivity contribution in [3.63, 3.8) is 0 Å². The molecule has 45 heteroatoms. The van der Waals surface area contributed by atoms with Crippen molar-refractivity contribution in [2.75, 3.05) is 32.7 Å². The van der Waals surface area contributed by atoms with Crippen molar-refractivity contribution in [1.29, 1.82) is 0 Å². The van der Waals surface area contributed by atoms with Gasteiger partial charge in [-0.3, -0.25) is 91.1 Å². The Hall–Kier alpha value is -12.2. The van der Waals surface area contributed by atoms with Gasteiger partial charge in [0.2, 0.25) is 88.6 Å². The normalized spacial score (nSPS) is 20.3. The van der Waals surface area contributed by atoms with Crippen LogP contribution in [0.4, 0.5) is 0 Å². The minimum Gasteiger partial charge on any atom is -0.481 e. The van der Waals surface area contributed by atoms with Gasteiger partial charge in [-0.05, 0) is 121 Å². The van der Waals surface area contributed by atoms with Crippen molar-refractivity contribution in [2.24, 2.45) is 23.5 Å². The molecule has 678 valence electrons. The number of hydrogen-bond acceptors (Lipinski definition) is 23. The van der Waals surface area contributed by atoms with E-state index in [2.05, 4.69) is 73.1 Å². The number of aliphatic carboxylic acids is 5. The minimum absolute atomic E-state index is 0.0405. The molecule has 5 fully saturated rings. The maximum atomic E-state index is 14.8. The van der Waals surface area contributed by atoms with Crippen molar-refractivity contribution < 1.29 is 121 Å². The molecule has 5 aliphatic heterocycles. The Bertz CT molecular complexity index is 4180. The number of nitrogens with zero attached hydrogens (tertiary/aromatic N) is 7. The zero-order valence-electron chi connectivity index (χ0n) is 70.1. The lowest BCUT2D eigenvalue weighted by molar-refractivity contribution is -0.152. The smallest absolute Gasteiger partial charge is 0.326 e. The molecular formula is C78H116N20O25. The Morgan fingerprint density at radius 3 is 1.02 bits per heavy atom. The molecule has 5 aliphatic rings. The number of hydrogen-bond donors (Lipinski definition) is 18. The first-order valence-electron chi connectivity index (χ1n) is 41.4. The zero-order chi connectivity index (χ0) is 91.0. The molecule has 15 amide bonds. The first kappa shape index (κ1) is 97.9. The molecule has 5 saturated heterocycles. The van der Waals surface area contributed by atoms with Gasteiger partial charge >= 0.3 is 29.8 Å². The third-order valence-electron chi connectivity index (χ3n) is 22.3. The van der Waals surface area contributed by atoms with E-state index in [-0.39, 0.29) is 75.8 Å². The molecule has 123 heavy (non-hydrogen) atoms. The molecule has 2 aromatic rings. The molecule has 0 aliphatic carbocycles. The van der Waals surface area contributed by atoms with Crippen molar-refractivity contribution in [3.05, 3.63) is 36.4 Å². The lowest BCUT2D eigenvalue weighted by atomic mass is 10.00. The van der Waals surface area contributed by atoms with Gasteiger partial charge in [0.1, 0.15) is 90.6 Å². The summed E-state index contributed by atoms with van der Waals surface area (Å²) in [5.74, 6) is -22.6. The van der Waals surface area contributed by atoms with E-state index < -0.39 is 279 Å². The number of amides is 15. The highest BCUT2D eigenvalue weighted by atomic mass is 16.4. The lowest BCUT2D eigenvalue weighted by Gasteiger charge is -2.35. The van der Waals surface area contributed by atoms with Crippen LogP contribution in [-0.2, 0) is 109 Å². The van der Waals surface area contributed by atoms with Gasteiger partial charge in [-0.2, -0.15) is 0 Å². The van der Waals surface area contributed by atoms with E-state index in [1.807, 2.05) is 0 Å². The summed E-state index contributed by atoms with van der Waals surface area (Å²) >= 11 is 0. The number of rotatable bonds is 45. The molecule has 16 atom stereocenters. The molecule has 7 rings (SSSR count). The molecule has 0 saturated carbocycles. The van der Waals surface area contributed by atoms with E-state index in [0.717, 1.165) is 4.90 Å². The van der Waals surface area contributed by atoms with Crippen molar-refractivity contribution in [3.8, 4) is 0 Å². The van der Waals surface area contributed by atoms with Crippen LogP contribution in [0.25, 0.3) is 0 Å². The third-order valence-corrected chi connectivity index (χ3v) is 22.3. The second-order valence-electron chi connectivity index (χ2n) is 32.7. The molecule has 0 unspecified atom stereocenters. The summed E-state index contributed by atoms with van der Waals surface area (Å²) in [5, 5.41) is 73.5. The topological polar surface area (TPSA) is 662 Å². The Morgan fingerprint density at radius 2 is 0.650 bits per heavy atom. The first-order valence-corrected chi connectivity index (χ1v) is 41.4. The fourth-order valence-electron chi connectivity index (χ4n) is 15.6. The van der Waals surface area contributed by atoms with E-state index in [1.165, 1.54) is 100 Å². The van der Waals surface area contributed by atoms with E-state index in [9.17, 15) is 121 Å². The number of likely N-dealkylation sites (tertiary alicyclic amines) is 5. The Kier molecular flexibility index (Phi) is 36.3. The number of nitrogens with one attached hydrogen (secondary N) is 12. The third kappa shape index (κ3) is 27.4. The minimum atomic E-state index is -1.87. The number of aromatic nitrogens is 4. The van der Waals surface area contributed by atoms with Crippen LogP contribution in [0.3, 0.4) is 0 Å². The summed E-state index contributed by atoms with van der Waals surface area (Å²) in [6.07, 6.45) is 2.19. The number of aromatic amines is 2. The van der Waals surface area contributed by atoms with Crippen molar-refractivity contribution in [1.82, 2.24) is 97.6 Å². The molecule has 7 heterocycles. The molecule has 0 spiro atoms. The monoisotopic (exact) mass is 1730 g/mol. The maximum absolute atomic E-state index is 14.8. The highest BCUT2D eigenvalue weighted by Gasteiger charge is 2.50. The summed E-state index contributed by atoms with van der Waals surface area (Å²) in [6, 6.07) is -22.4. The highest BCUT2D eigenvalue weighted by molar-refractivity contribution is 6.02. The highest BCUT2D eigenvalue weighted by Crippen LogP contribution is 2.32. The Morgan fingerprint density at radius 1 is 0.358 bits per heavy atom. The summed E-state index contributed by atoms with van der Waals surface area (Å²) in [6.45, 7) is 12.7. The van der Waals surface area contributed by atoms with Crippen LogP contribution in [0.5, 0.6) is 0 Å². The SMILES string of the molecule is CC(C)[C@H](NC(=O)[C@H](CCC(=O)O)NC(=O)[C@H](CCC(=O)O)NC(=O)[C@H](Cc1cnc[nH]1)NC(=O)[C@@H](NC(=O)[C@H](CCC(=O)O)NC(=O)[C@@H]1CCCN1C(=O)[C@@H](NC(=O)[C@H](CCC(=O)O)NC(=O)[C@H](C)NC(=O)[C@@H]1CCCN1C(=O)[C@@H]1CCCN1C(=O)[C@@H]1CCCN1C(=O)[C@@H]1CCCN1C(=O)[C@H](C)N)C(C)C)C(C)C)C(=O)N[C@@H](Cc1cnc[nH]1)C(=O)O. The van der Waals surface area contributed by atoms with Gasteiger partial charge in [0.15, 0.2) is 0 Å². The Labute approximate surface area is 707 Å². The van der Waals surface area contributed by atoms with Crippen LogP contribution >= 0.6 is 0 Å². The average molecular weight is 1730 g/mol. The number of imidazole rings is 2. The van der Waals surface area contributed by atoms with Gasteiger partial charge in [-0.25, -0.2) is 14.8 Å². The second-order valence-corrected chi connectivity index (χ2v) is 32.7. The van der Waals surface area contributed by atoms with Crippen LogP contribution < -0.4 is 58.9 Å². The van der Waals surface area contributed by atoms with Gasteiger partial charge in [-0.15, -0.1) is 0 Å².